The van der Waals surface area contributed by atoms with Gasteiger partial charge in [-0.25, -0.2) is 0 Å². The molecule has 0 aliphatic heterocycles. The number of carbonyl (C=O) groups excluding carboxylic acids is 1. The van der Waals surface area contributed by atoms with E-state index in [1.54, 1.807) is 24.5 Å². The lowest BCUT2D eigenvalue weighted by Crippen LogP contribution is -2.37. The molecule has 0 aliphatic carbocycles. The second kappa shape index (κ2) is 7.11. The van der Waals surface area contributed by atoms with Crippen LogP contribution in [0.3, 0.4) is 0 Å². The fraction of sp³-hybridized carbons (Fsp3) is 0.571. The SMILES string of the molecule is CCC(CC)(CCO)CNC(=O)c1cccnc1. The van der Waals surface area contributed by atoms with Crippen LogP contribution >= 0.6 is 0 Å². The zero-order valence-corrected chi connectivity index (χ0v) is 11.1. The highest BCUT2D eigenvalue weighted by atomic mass is 16.3. The monoisotopic (exact) mass is 250 g/mol. The Bertz CT molecular complexity index is 361. The number of nitrogens with one attached hydrogen (secondary N) is 1. The van der Waals surface area contributed by atoms with Crippen molar-refractivity contribution in [3.8, 4) is 0 Å². The van der Waals surface area contributed by atoms with Gasteiger partial charge < -0.3 is 10.4 Å². The maximum absolute atomic E-state index is 11.9. The molecule has 0 atom stereocenters. The van der Waals surface area contributed by atoms with E-state index in [4.69, 9.17) is 5.11 Å². The number of carbonyl (C=O) groups is 1. The summed E-state index contributed by atoms with van der Waals surface area (Å²) in [5.41, 5.74) is 0.565. The van der Waals surface area contributed by atoms with Crippen molar-refractivity contribution in [2.24, 2.45) is 5.41 Å². The van der Waals surface area contributed by atoms with Crippen molar-refractivity contribution < 1.29 is 9.90 Å². The Labute approximate surface area is 108 Å². The first-order chi connectivity index (χ1) is 8.67. The van der Waals surface area contributed by atoms with Crippen LogP contribution in [0.25, 0.3) is 0 Å². The van der Waals surface area contributed by atoms with Gasteiger partial charge in [-0.3, -0.25) is 9.78 Å². The predicted molar refractivity (Wildman–Crippen MR) is 71.3 cm³/mol. The molecule has 1 rings (SSSR count). The quantitative estimate of drug-likeness (QED) is 0.778. The number of pyridine rings is 1. The average Bonchev–Trinajstić information content (AvgIpc) is 2.44. The zero-order valence-electron chi connectivity index (χ0n) is 11.1. The van der Waals surface area contributed by atoms with Crippen molar-refractivity contribution in [2.75, 3.05) is 13.2 Å². The van der Waals surface area contributed by atoms with Gasteiger partial charge in [-0.15, -0.1) is 0 Å². The molecule has 4 heteroatoms. The topological polar surface area (TPSA) is 62.2 Å². The smallest absolute Gasteiger partial charge is 0.252 e. The predicted octanol–water partition coefficient (Wildman–Crippen LogP) is 2.00. The molecule has 0 saturated heterocycles. The maximum Gasteiger partial charge on any atom is 0.252 e. The summed E-state index contributed by atoms with van der Waals surface area (Å²) in [5, 5.41) is 12.1. The Hall–Kier alpha value is -1.42. The molecule has 0 spiro atoms. The lowest BCUT2D eigenvalue weighted by atomic mass is 9.79. The first kappa shape index (κ1) is 14.6. The van der Waals surface area contributed by atoms with Crippen molar-refractivity contribution in [1.29, 1.82) is 0 Å². The summed E-state index contributed by atoms with van der Waals surface area (Å²) in [4.78, 5) is 15.8. The van der Waals surface area contributed by atoms with Crippen LogP contribution in [0.4, 0.5) is 0 Å². The Morgan fingerprint density at radius 2 is 2.17 bits per heavy atom. The fourth-order valence-corrected chi connectivity index (χ4v) is 2.05. The van der Waals surface area contributed by atoms with E-state index in [2.05, 4.69) is 24.1 Å². The lowest BCUT2D eigenvalue weighted by molar-refractivity contribution is 0.0907. The summed E-state index contributed by atoms with van der Waals surface area (Å²) >= 11 is 0. The standard InChI is InChI=1S/C14H22N2O2/c1-3-14(4-2,7-9-17)11-16-13(18)12-6-5-8-15-10-12/h5-6,8,10,17H,3-4,7,9,11H2,1-2H3,(H,16,18). The van der Waals surface area contributed by atoms with Crippen LogP contribution in [-0.2, 0) is 0 Å². The van der Waals surface area contributed by atoms with Crippen LogP contribution in [0.5, 0.6) is 0 Å². The number of aliphatic hydroxyl groups excluding tert-OH is 1. The first-order valence-electron chi connectivity index (χ1n) is 6.46. The summed E-state index contributed by atoms with van der Waals surface area (Å²) < 4.78 is 0. The third-order valence-electron chi connectivity index (χ3n) is 3.69. The minimum atomic E-state index is -0.104. The van der Waals surface area contributed by atoms with Gasteiger partial charge in [0.1, 0.15) is 0 Å². The second-order valence-corrected chi connectivity index (χ2v) is 4.61. The second-order valence-electron chi connectivity index (χ2n) is 4.61. The highest BCUT2D eigenvalue weighted by Crippen LogP contribution is 2.29. The molecule has 1 aromatic heterocycles. The molecular formula is C14H22N2O2. The third-order valence-corrected chi connectivity index (χ3v) is 3.69. The van der Waals surface area contributed by atoms with Gasteiger partial charge in [0.15, 0.2) is 0 Å². The highest BCUT2D eigenvalue weighted by Gasteiger charge is 2.26. The van der Waals surface area contributed by atoms with Crippen molar-refractivity contribution in [3.63, 3.8) is 0 Å². The molecule has 0 bridgehead atoms. The van der Waals surface area contributed by atoms with E-state index >= 15 is 0 Å². The van der Waals surface area contributed by atoms with Crippen LogP contribution in [0.15, 0.2) is 24.5 Å². The Balaban J connectivity index is 2.60. The van der Waals surface area contributed by atoms with Crippen molar-refractivity contribution in [1.82, 2.24) is 10.3 Å². The van der Waals surface area contributed by atoms with E-state index in [1.807, 2.05) is 0 Å². The summed E-state index contributed by atoms with van der Waals surface area (Å²) in [6.45, 7) is 4.93. The maximum atomic E-state index is 11.9. The zero-order chi connectivity index (χ0) is 13.4. The summed E-state index contributed by atoms with van der Waals surface area (Å²) in [6.07, 6.45) is 5.80. The van der Waals surface area contributed by atoms with Crippen molar-refractivity contribution >= 4 is 5.91 Å². The van der Waals surface area contributed by atoms with Crippen LogP contribution in [0.2, 0.25) is 0 Å². The van der Waals surface area contributed by atoms with Crippen LogP contribution in [-0.4, -0.2) is 29.1 Å². The van der Waals surface area contributed by atoms with E-state index in [0.717, 1.165) is 12.8 Å². The Morgan fingerprint density at radius 3 is 2.67 bits per heavy atom. The summed E-state index contributed by atoms with van der Waals surface area (Å²) in [5.74, 6) is -0.104. The average molecular weight is 250 g/mol. The normalized spacial score (nSPS) is 11.3. The van der Waals surface area contributed by atoms with Gasteiger partial charge in [0, 0.05) is 25.5 Å². The molecule has 0 saturated carbocycles. The Morgan fingerprint density at radius 1 is 1.44 bits per heavy atom. The molecule has 1 amide bonds. The molecule has 0 fully saturated rings. The minimum Gasteiger partial charge on any atom is -0.396 e. The Kier molecular flexibility index (Phi) is 5.78. The molecule has 0 aliphatic rings. The van der Waals surface area contributed by atoms with Gasteiger partial charge in [0.05, 0.1) is 5.56 Å². The van der Waals surface area contributed by atoms with Crippen LogP contribution < -0.4 is 5.32 Å². The van der Waals surface area contributed by atoms with E-state index in [0.29, 0.717) is 18.5 Å². The van der Waals surface area contributed by atoms with Crippen molar-refractivity contribution in [2.45, 2.75) is 33.1 Å². The lowest BCUT2D eigenvalue weighted by Gasteiger charge is -2.31. The van der Waals surface area contributed by atoms with E-state index in [-0.39, 0.29) is 17.9 Å². The molecule has 0 radical (unpaired) electrons. The summed E-state index contributed by atoms with van der Waals surface area (Å²) in [6, 6.07) is 3.49. The molecule has 100 valence electrons. The molecule has 1 heterocycles. The molecule has 0 aromatic carbocycles. The molecule has 0 unspecified atom stereocenters. The number of aliphatic hydroxyl groups is 1. The fourth-order valence-electron chi connectivity index (χ4n) is 2.05. The first-order valence-corrected chi connectivity index (χ1v) is 6.46. The van der Waals surface area contributed by atoms with Gasteiger partial charge in [-0.05, 0) is 36.8 Å². The number of aromatic nitrogens is 1. The van der Waals surface area contributed by atoms with Crippen LogP contribution in [0, 0.1) is 5.41 Å². The molecule has 4 nitrogen and oxygen atoms in total. The molecular weight excluding hydrogens is 228 g/mol. The van der Waals surface area contributed by atoms with Gasteiger partial charge >= 0.3 is 0 Å². The molecule has 2 N–H and O–H groups in total. The number of hydrogen-bond donors (Lipinski definition) is 2. The molecule has 1 aromatic rings. The summed E-state index contributed by atoms with van der Waals surface area (Å²) in [7, 11) is 0. The molecule has 18 heavy (non-hydrogen) atoms. The van der Waals surface area contributed by atoms with E-state index in [9.17, 15) is 4.79 Å². The van der Waals surface area contributed by atoms with E-state index in [1.165, 1.54) is 0 Å². The number of rotatable bonds is 7. The third kappa shape index (κ3) is 3.81. The number of amides is 1. The highest BCUT2D eigenvalue weighted by molar-refractivity contribution is 5.93. The number of nitrogens with zero attached hydrogens (tertiary/aromatic N) is 1. The van der Waals surface area contributed by atoms with Gasteiger partial charge in [-0.1, -0.05) is 13.8 Å². The largest absolute Gasteiger partial charge is 0.396 e. The van der Waals surface area contributed by atoms with Gasteiger partial charge in [0.25, 0.3) is 5.91 Å². The minimum absolute atomic E-state index is 0.00732. The van der Waals surface area contributed by atoms with Gasteiger partial charge in [0.2, 0.25) is 0 Å². The van der Waals surface area contributed by atoms with Crippen LogP contribution in [0.1, 0.15) is 43.5 Å². The van der Waals surface area contributed by atoms with Gasteiger partial charge in [-0.2, -0.15) is 0 Å². The van der Waals surface area contributed by atoms with E-state index < -0.39 is 0 Å². The number of hydrogen-bond acceptors (Lipinski definition) is 3. The van der Waals surface area contributed by atoms with Crippen molar-refractivity contribution in [3.05, 3.63) is 30.1 Å².